The summed E-state index contributed by atoms with van der Waals surface area (Å²) in [6.07, 6.45) is 7.14. The summed E-state index contributed by atoms with van der Waals surface area (Å²) in [5.74, 6) is 0. The van der Waals surface area contributed by atoms with Crippen molar-refractivity contribution in [2.45, 2.75) is 44.6 Å². The minimum atomic E-state index is -0.0955. The van der Waals surface area contributed by atoms with Gasteiger partial charge in [-0.1, -0.05) is 25.7 Å². The van der Waals surface area contributed by atoms with Gasteiger partial charge in [-0.15, -0.1) is 0 Å². The monoisotopic (exact) mass is 213 g/mol. The van der Waals surface area contributed by atoms with Gasteiger partial charge in [0.25, 0.3) is 0 Å². The van der Waals surface area contributed by atoms with Crippen LogP contribution in [-0.4, -0.2) is 14.8 Å². The van der Waals surface area contributed by atoms with Gasteiger partial charge in [-0.05, 0) is 25.1 Å². The van der Waals surface area contributed by atoms with Gasteiger partial charge in [0.05, 0.1) is 0 Å². The molecule has 0 spiro atoms. The molecule has 1 aliphatic carbocycles. The van der Waals surface area contributed by atoms with E-state index >= 15 is 0 Å². The van der Waals surface area contributed by atoms with Crippen molar-refractivity contribution in [1.29, 1.82) is 0 Å². The van der Waals surface area contributed by atoms with Crippen LogP contribution in [0.5, 0.6) is 0 Å². The second-order valence-electron chi connectivity index (χ2n) is 3.88. The molecule has 78 valence electrons. The molecule has 0 aromatic carbocycles. The minimum Gasteiger partial charge on any atom is -0.272 e. The molecular formula is C9H15N3OS. The molecule has 2 rings (SSSR count). The van der Waals surface area contributed by atoms with E-state index in [1.807, 2.05) is 0 Å². The number of aromatic amines is 2. The Hall–Kier alpha value is -0.840. The standard InChI is InChI=1S/C9H15N3OS/c13-8-10-11-9(14)12(8)7-5-3-1-2-4-6-7/h7H,1-6H2,(H,10,13)(H,11,14). The summed E-state index contributed by atoms with van der Waals surface area (Å²) >= 11 is 5.07. The van der Waals surface area contributed by atoms with E-state index in [-0.39, 0.29) is 5.69 Å². The molecule has 0 aliphatic heterocycles. The quantitative estimate of drug-likeness (QED) is 0.554. The first-order valence-corrected chi connectivity index (χ1v) is 5.59. The fraction of sp³-hybridized carbons (Fsp3) is 0.778. The number of aromatic nitrogens is 3. The van der Waals surface area contributed by atoms with Gasteiger partial charge in [0.1, 0.15) is 0 Å². The lowest BCUT2D eigenvalue weighted by Crippen LogP contribution is -2.22. The molecule has 1 aliphatic rings. The third kappa shape index (κ3) is 1.82. The first-order chi connectivity index (χ1) is 6.79. The molecule has 4 nitrogen and oxygen atoms in total. The highest BCUT2D eigenvalue weighted by Crippen LogP contribution is 2.25. The topological polar surface area (TPSA) is 53.6 Å². The van der Waals surface area contributed by atoms with Crippen LogP contribution in [-0.2, 0) is 0 Å². The van der Waals surface area contributed by atoms with Crippen LogP contribution < -0.4 is 5.69 Å². The van der Waals surface area contributed by atoms with Crippen molar-refractivity contribution in [2.75, 3.05) is 0 Å². The summed E-state index contributed by atoms with van der Waals surface area (Å²) in [6, 6.07) is 0.306. The van der Waals surface area contributed by atoms with E-state index in [2.05, 4.69) is 10.2 Å². The lowest BCUT2D eigenvalue weighted by molar-refractivity contribution is 0.429. The number of rotatable bonds is 1. The first kappa shape index (κ1) is 9.71. The zero-order valence-corrected chi connectivity index (χ0v) is 8.90. The summed E-state index contributed by atoms with van der Waals surface area (Å²) < 4.78 is 2.22. The number of H-pyrrole nitrogens is 2. The van der Waals surface area contributed by atoms with Gasteiger partial charge in [0, 0.05) is 6.04 Å². The fourth-order valence-corrected chi connectivity index (χ4v) is 2.45. The summed E-state index contributed by atoms with van der Waals surface area (Å²) in [6.45, 7) is 0. The second-order valence-corrected chi connectivity index (χ2v) is 4.26. The fourth-order valence-electron chi connectivity index (χ4n) is 2.17. The van der Waals surface area contributed by atoms with Crippen molar-refractivity contribution in [2.24, 2.45) is 0 Å². The van der Waals surface area contributed by atoms with E-state index in [1.54, 1.807) is 4.57 Å². The predicted octanol–water partition coefficient (Wildman–Crippen LogP) is 2.13. The highest BCUT2D eigenvalue weighted by Gasteiger charge is 2.16. The Labute approximate surface area is 87.3 Å². The van der Waals surface area contributed by atoms with Crippen molar-refractivity contribution in [1.82, 2.24) is 14.8 Å². The molecule has 0 unspecified atom stereocenters. The van der Waals surface area contributed by atoms with Crippen LogP contribution in [0.1, 0.15) is 44.6 Å². The molecule has 0 atom stereocenters. The average Bonchev–Trinajstić information content (AvgIpc) is 2.45. The Morgan fingerprint density at radius 3 is 2.29 bits per heavy atom. The largest absolute Gasteiger partial charge is 0.342 e. The Morgan fingerprint density at radius 1 is 1.14 bits per heavy atom. The Kier molecular flexibility index (Phi) is 2.86. The van der Waals surface area contributed by atoms with Crippen molar-refractivity contribution < 1.29 is 0 Å². The smallest absolute Gasteiger partial charge is 0.272 e. The lowest BCUT2D eigenvalue weighted by Gasteiger charge is -2.13. The van der Waals surface area contributed by atoms with Gasteiger partial charge >= 0.3 is 5.69 Å². The SMILES string of the molecule is O=c1[nH][nH]c(=S)n1C1CCCCCC1. The van der Waals surface area contributed by atoms with E-state index in [0.717, 1.165) is 12.8 Å². The molecule has 0 bridgehead atoms. The maximum absolute atomic E-state index is 11.5. The molecule has 14 heavy (non-hydrogen) atoms. The second kappa shape index (κ2) is 4.13. The number of hydrogen-bond donors (Lipinski definition) is 2. The van der Waals surface area contributed by atoms with Crippen LogP contribution in [0.3, 0.4) is 0 Å². The molecule has 1 fully saturated rings. The van der Waals surface area contributed by atoms with E-state index < -0.39 is 0 Å². The van der Waals surface area contributed by atoms with Crippen LogP contribution in [0.15, 0.2) is 4.79 Å². The highest BCUT2D eigenvalue weighted by atomic mass is 32.1. The molecule has 0 amide bonds. The summed E-state index contributed by atoms with van der Waals surface area (Å²) in [5.41, 5.74) is -0.0955. The molecular weight excluding hydrogens is 198 g/mol. The van der Waals surface area contributed by atoms with Crippen molar-refractivity contribution in [3.8, 4) is 0 Å². The minimum absolute atomic E-state index is 0.0955. The average molecular weight is 213 g/mol. The van der Waals surface area contributed by atoms with Crippen LogP contribution in [0.2, 0.25) is 0 Å². The first-order valence-electron chi connectivity index (χ1n) is 5.18. The normalized spacial score (nSPS) is 19.4. The zero-order chi connectivity index (χ0) is 9.97. The molecule has 0 saturated heterocycles. The maximum atomic E-state index is 11.5. The van der Waals surface area contributed by atoms with E-state index in [4.69, 9.17) is 12.2 Å². The molecule has 1 aromatic rings. The summed E-state index contributed by atoms with van der Waals surface area (Å²) in [7, 11) is 0. The summed E-state index contributed by atoms with van der Waals surface area (Å²) in [4.78, 5) is 11.5. The molecule has 2 N–H and O–H groups in total. The van der Waals surface area contributed by atoms with Gasteiger partial charge < -0.3 is 0 Å². The van der Waals surface area contributed by atoms with E-state index in [9.17, 15) is 4.79 Å². The van der Waals surface area contributed by atoms with E-state index in [0.29, 0.717) is 10.8 Å². The highest BCUT2D eigenvalue weighted by molar-refractivity contribution is 7.71. The number of hydrogen-bond acceptors (Lipinski definition) is 2. The molecule has 1 heterocycles. The Bertz CT molecular complexity index is 367. The third-order valence-electron chi connectivity index (χ3n) is 2.90. The zero-order valence-electron chi connectivity index (χ0n) is 8.08. The van der Waals surface area contributed by atoms with Crippen molar-refractivity contribution >= 4 is 12.2 Å². The third-order valence-corrected chi connectivity index (χ3v) is 3.20. The van der Waals surface area contributed by atoms with Crippen LogP contribution in [0.25, 0.3) is 0 Å². The van der Waals surface area contributed by atoms with Gasteiger partial charge in [0.2, 0.25) is 0 Å². The molecule has 1 aromatic heterocycles. The summed E-state index contributed by atoms with van der Waals surface area (Å²) in [5, 5.41) is 5.23. The van der Waals surface area contributed by atoms with Crippen molar-refractivity contribution in [3.63, 3.8) is 0 Å². The Balaban J connectivity index is 2.29. The van der Waals surface area contributed by atoms with Crippen LogP contribution in [0.4, 0.5) is 0 Å². The number of nitrogens with zero attached hydrogens (tertiary/aromatic N) is 1. The van der Waals surface area contributed by atoms with Gasteiger partial charge in [0.15, 0.2) is 4.77 Å². The van der Waals surface area contributed by atoms with Crippen LogP contribution >= 0.6 is 12.2 Å². The van der Waals surface area contributed by atoms with E-state index in [1.165, 1.54) is 25.7 Å². The molecule has 1 saturated carbocycles. The lowest BCUT2D eigenvalue weighted by atomic mass is 10.1. The van der Waals surface area contributed by atoms with Gasteiger partial charge in [-0.3, -0.25) is 9.67 Å². The predicted molar refractivity (Wildman–Crippen MR) is 57.0 cm³/mol. The maximum Gasteiger partial charge on any atom is 0.342 e. The molecule has 5 heteroatoms. The molecule has 0 radical (unpaired) electrons. The van der Waals surface area contributed by atoms with Gasteiger partial charge in [-0.25, -0.2) is 9.89 Å². The van der Waals surface area contributed by atoms with Crippen molar-refractivity contribution in [3.05, 3.63) is 15.3 Å². The Morgan fingerprint density at radius 2 is 1.79 bits per heavy atom. The van der Waals surface area contributed by atoms with Crippen LogP contribution in [0, 0.1) is 4.77 Å². The number of nitrogens with one attached hydrogen (secondary N) is 2. The van der Waals surface area contributed by atoms with Gasteiger partial charge in [-0.2, -0.15) is 0 Å².